The van der Waals surface area contributed by atoms with Crippen molar-refractivity contribution in [3.05, 3.63) is 30.6 Å². The van der Waals surface area contributed by atoms with Crippen molar-refractivity contribution in [1.29, 1.82) is 0 Å². The zero-order valence-corrected chi connectivity index (χ0v) is 38.2. The fraction of sp³-hybridized carbons (Fsp3) is 0.745. The van der Waals surface area contributed by atoms with Crippen LogP contribution in [0.4, 0.5) is 5.82 Å². The van der Waals surface area contributed by atoms with Crippen LogP contribution in [-0.2, 0) is 39.2 Å². The molecule has 0 aliphatic carbocycles. The number of esters is 2. The Hall–Kier alpha value is -3.05. The van der Waals surface area contributed by atoms with Crippen molar-refractivity contribution in [2.24, 2.45) is 0 Å². The number of nitrogens with zero attached hydrogens (tertiary/aromatic N) is 3. The van der Waals surface area contributed by atoms with Crippen LogP contribution in [0.2, 0.25) is 0 Å². The van der Waals surface area contributed by atoms with Crippen LogP contribution in [0.3, 0.4) is 0 Å². The van der Waals surface area contributed by atoms with Crippen molar-refractivity contribution in [3.8, 4) is 0 Å². The summed E-state index contributed by atoms with van der Waals surface area (Å²) in [5, 5.41) is 0.842. The van der Waals surface area contributed by atoms with E-state index < -0.39 is 32.5 Å². The van der Waals surface area contributed by atoms with Crippen molar-refractivity contribution in [2.45, 2.75) is 206 Å². The van der Waals surface area contributed by atoms with Gasteiger partial charge in [-0.05, 0) is 18.9 Å². The molecule has 2 aromatic heterocycles. The molecule has 0 amide bonds. The van der Waals surface area contributed by atoms with E-state index in [1.165, 1.54) is 122 Å². The number of fused-ring (bicyclic) bond motifs is 3. The van der Waals surface area contributed by atoms with Gasteiger partial charge in [0.15, 0.2) is 11.9 Å². The van der Waals surface area contributed by atoms with Crippen LogP contribution >= 0.6 is 7.82 Å². The first-order valence-electron chi connectivity index (χ1n) is 23.7. The lowest BCUT2D eigenvalue weighted by atomic mass is 10.0. The lowest BCUT2D eigenvalue weighted by Crippen LogP contribution is -2.29. The van der Waals surface area contributed by atoms with Crippen LogP contribution in [-0.4, -0.2) is 57.3 Å². The maximum atomic E-state index is 13.0. The normalized spacial score (nSPS) is 13.2. The minimum atomic E-state index is -4.57. The molecule has 3 N–H and O–H groups in total. The largest absolute Gasteiger partial charge is 0.472 e. The number of pyridine rings is 1. The van der Waals surface area contributed by atoms with Crippen LogP contribution < -0.4 is 5.73 Å². The molecule has 0 saturated heterocycles. The van der Waals surface area contributed by atoms with E-state index in [0.29, 0.717) is 23.3 Å². The highest BCUT2D eigenvalue weighted by Gasteiger charge is 2.26. The minimum Gasteiger partial charge on any atom is -0.462 e. The summed E-state index contributed by atoms with van der Waals surface area (Å²) in [4.78, 5) is 44.9. The Balaban J connectivity index is 1.39. The molecule has 0 bridgehead atoms. The lowest BCUT2D eigenvalue weighted by Gasteiger charge is -2.20. The van der Waals surface area contributed by atoms with Crippen molar-refractivity contribution in [1.82, 2.24) is 14.5 Å². The SMILES string of the molecule is CCCCCCCCCCCCCCCC(=O)OCC(COP(=O)(O)OCCn1cnc2c(N)nc3ccccc3c21)OC(=O)CCCCCCCCCCCCCCC. The molecule has 0 aliphatic rings. The van der Waals surface area contributed by atoms with E-state index in [9.17, 15) is 19.0 Å². The average Bonchev–Trinajstić information content (AvgIpc) is 3.67. The first-order valence-corrected chi connectivity index (χ1v) is 25.2. The number of nitrogen functional groups attached to an aromatic ring is 1. The Bertz CT molecular complexity index is 1650. The van der Waals surface area contributed by atoms with E-state index in [-0.39, 0.29) is 32.6 Å². The van der Waals surface area contributed by atoms with E-state index in [4.69, 9.17) is 24.3 Å². The third-order valence-electron chi connectivity index (χ3n) is 11.2. The van der Waals surface area contributed by atoms with E-state index in [2.05, 4.69) is 23.8 Å². The summed E-state index contributed by atoms with van der Waals surface area (Å²) in [6.45, 7) is 3.77. The number of carbonyl (C=O) groups excluding carboxylic acids is 2. The molecule has 3 rings (SSSR count). The van der Waals surface area contributed by atoms with Crippen molar-refractivity contribution in [2.75, 3.05) is 25.6 Å². The van der Waals surface area contributed by atoms with Gasteiger partial charge in [0.05, 0.1) is 30.6 Å². The number of benzene rings is 1. The van der Waals surface area contributed by atoms with Crippen LogP contribution in [0.15, 0.2) is 30.6 Å². The Morgan fingerprint density at radius 1 is 0.683 bits per heavy atom. The predicted octanol–water partition coefficient (Wildman–Crippen LogP) is 12.7. The highest BCUT2D eigenvalue weighted by molar-refractivity contribution is 7.47. The number of hydrogen-bond acceptors (Lipinski definition) is 10. The van der Waals surface area contributed by atoms with Crippen molar-refractivity contribution >= 4 is 47.5 Å². The number of aromatic nitrogens is 3. The third-order valence-corrected chi connectivity index (χ3v) is 12.2. The molecule has 1 aromatic carbocycles. The van der Waals surface area contributed by atoms with Crippen LogP contribution in [0.5, 0.6) is 0 Å². The maximum Gasteiger partial charge on any atom is 0.472 e. The Morgan fingerprint density at radius 2 is 1.17 bits per heavy atom. The topological polar surface area (TPSA) is 165 Å². The van der Waals surface area contributed by atoms with E-state index in [1.54, 1.807) is 10.9 Å². The highest BCUT2D eigenvalue weighted by Crippen LogP contribution is 2.43. The van der Waals surface area contributed by atoms with Gasteiger partial charge in [-0.2, -0.15) is 0 Å². The van der Waals surface area contributed by atoms with Gasteiger partial charge in [0.25, 0.3) is 0 Å². The second-order valence-electron chi connectivity index (χ2n) is 16.5. The van der Waals surface area contributed by atoms with Gasteiger partial charge in [0, 0.05) is 24.8 Å². The molecular formula is C47H79N4O8P. The first-order chi connectivity index (χ1) is 29.2. The molecule has 2 atom stereocenters. The number of phosphoric acid groups is 1. The monoisotopic (exact) mass is 859 g/mol. The highest BCUT2D eigenvalue weighted by atomic mass is 31.2. The van der Waals surface area contributed by atoms with Gasteiger partial charge in [0.1, 0.15) is 12.1 Å². The predicted molar refractivity (Wildman–Crippen MR) is 243 cm³/mol. The van der Waals surface area contributed by atoms with Gasteiger partial charge in [-0.3, -0.25) is 18.6 Å². The van der Waals surface area contributed by atoms with Gasteiger partial charge in [-0.25, -0.2) is 14.5 Å². The fourth-order valence-electron chi connectivity index (χ4n) is 7.64. The van der Waals surface area contributed by atoms with E-state index >= 15 is 0 Å². The van der Waals surface area contributed by atoms with E-state index in [0.717, 1.165) is 49.4 Å². The van der Waals surface area contributed by atoms with Gasteiger partial charge >= 0.3 is 19.8 Å². The standard InChI is InChI=1S/C47H79N4O8P/c1-3-5-7-9-11-13-15-17-19-21-23-25-27-33-43(52)56-37-40(59-44(53)34-28-26-24-22-20-18-16-14-12-10-8-6-4-2)38-58-60(54,55)57-36-35-51-39-49-45-46(51)41-31-29-30-32-42(41)50-47(45)48/h29-32,39-40H,3-28,33-38H2,1-2H3,(H2,48,50)(H,54,55). The number of unbranched alkanes of at least 4 members (excludes halogenated alkanes) is 24. The number of carbonyl (C=O) groups is 2. The first kappa shape index (κ1) is 51.3. The second-order valence-corrected chi connectivity index (χ2v) is 18.0. The van der Waals surface area contributed by atoms with Crippen LogP contribution in [0.1, 0.15) is 194 Å². The summed E-state index contributed by atoms with van der Waals surface area (Å²) in [5.74, 6) is -0.560. The summed E-state index contributed by atoms with van der Waals surface area (Å²) in [6.07, 6.45) is 32.4. The molecule has 60 heavy (non-hydrogen) atoms. The number of rotatable bonds is 38. The van der Waals surface area contributed by atoms with Gasteiger partial charge in [0.2, 0.25) is 0 Å². The molecule has 340 valence electrons. The molecule has 13 heteroatoms. The van der Waals surface area contributed by atoms with Crippen LogP contribution in [0.25, 0.3) is 21.9 Å². The van der Waals surface area contributed by atoms with E-state index in [1.807, 2.05) is 24.3 Å². The summed E-state index contributed by atoms with van der Waals surface area (Å²) in [7, 11) is -4.57. The molecule has 0 saturated carbocycles. The minimum absolute atomic E-state index is 0.173. The smallest absolute Gasteiger partial charge is 0.462 e. The summed E-state index contributed by atoms with van der Waals surface area (Å²) in [6, 6.07) is 7.53. The number of ether oxygens (including phenoxy) is 2. The summed E-state index contributed by atoms with van der Waals surface area (Å²) < 4.78 is 36.5. The lowest BCUT2D eigenvalue weighted by molar-refractivity contribution is -0.161. The summed E-state index contributed by atoms with van der Waals surface area (Å²) in [5.41, 5.74) is 8.12. The number of anilines is 1. The second kappa shape index (κ2) is 31.7. The molecule has 0 radical (unpaired) electrons. The zero-order chi connectivity index (χ0) is 43.1. The molecular weight excluding hydrogens is 780 g/mol. The number of imidazole rings is 1. The average molecular weight is 859 g/mol. The molecule has 2 unspecified atom stereocenters. The third kappa shape index (κ3) is 22.2. The fourth-order valence-corrected chi connectivity index (χ4v) is 8.38. The van der Waals surface area contributed by atoms with Crippen molar-refractivity contribution < 1.29 is 37.6 Å². The van der Waals surface area contributed by atoms with Crippen LogP contribution in [0, 0.1) is 0 Å². The molecule has 0 fully saturated rings. The maximum absolute atomic E-state index is 13.0. The number of nitrogens with two attached hydrogens (primary N) is 1. The number of para-hydroxylation sites is 1. The number of phosphoric ester groups is 1. The van der Waals surface area contributed by atoms with Crippen molar-refractivity contribution in [3.63, 3.8) is 0 Å². The quantitative estimate of drug-likeness (QED) is 0.0320. The molecule has 3 aromatic rings. The molecule has 12 nitrogen and oxygen atoms in total. The van der Waals surface area contributed by atoms with Gasteiger partial charge < -0.3 is 24.7 Å². The van der Waals surface area contributed by atoms with Gasteiger partial charge in [-0.1, -0.05) is 186 Å². The zero-order valence-electron chi connectivity index (χ0n) is 37.3. The Morgan fingerprint density at radius 3 is 1.70 bits per heavy atom. The van der Waals surface area contributed by atoms with Gasteiger partial charge in [-0.15, -0.1) is 0 Å². The summed E-state index contributed by atoms with van der Waals surface area (Å²) >= 11 is 0. The Kier molecular flexibility index (Phi) is 27.1. The number of hydrogen-bond donors (Lipinski definition) is 2. The molecule has 2 heterocycles. The molecule has 0 aliphatic heterocycles. The molecule has 0 spiro atoms. The Labute approximate surface area is 361 Å².